The Kier molecular flexibility index (Phi) is 6.16. The average Bonchev–Trinajstić information content (AvgIpc) is 3.63. The molecule has 1 aromatic carbocycles. The largest absolute Gasteiger partial charge is 0.467 e. The first-order valence-corrected chi connectivity index (χ1v) is 11.5. The Hall–Kier alpha value is -3.91. The first kappa shape index (κ1) is 21.0. The Morgan fingerprint density at radius 2 is 1.76 bits per heavy atom. The third-order valence-corrected chi connectivity index (χ3v) is 6.07. The number of carbonyl (C=O) groups is 1. The van der Waals surface area contributed by atoms with Crippen molar-refractivity contribution in [1.82, 2.24) is 15.3 Å². The van der Waals surface area contributed by atoms with Gasteiger partial charge in [-0.15, -0.1) is 11.3 Å². The SMILES string of the molecule is O=C(CCN(Cc1ccco1)c1nc(-c2cccs2)nc2ccccc12)NCc1ccco1. The summed E-state index contributed by atoms with van der Waals surface area (Å²) in [4.78, 5) is 25.3. The van der Waals surface area contributed by atoms with Crippen molar-refractivity contribution in [3.05, 3.63) is 90.1 Å². The maximum atomic E-state index is 12.6. The highest BCUT2D eigenvalue weighted by Crippen LogP contribution is 2.30. The Morgan fingerprint density at radius 1 is 0.939 bits per heavy atom. The second kappa shape index (κ2) is 9.70. The molecule has 0 unspecified atom stereocenters. The van der Waals surface area contributed by atoms with E-state index in [1.807, 2.05) is 60.0 Å². The van der Waals surface area contributed by atoms with E-state index in [0.717, 1.165) is 33.1 Å². The van der Waals surface area contributed by atoms with Crippen LogP contribution in [0.25, 0.3) is 21.6 Å². The van der Waals surface area contributed by atoms with Gasteiger partial charge in [-0.25, -0.2) is 9.97 Å². The van der Waals surface area contributed by atoms with Crippen molar-refractivity contribution in [1.29, 1.82) is 0 Å². The quantitative estimate of drug-likeness (QED) is 0.324. The topological polar surface area (TPSA) is 84.4 Å². The molecule has 0 saturated carbocycles. The van der Waals surface area contributed by atoms with Crippen LogP contribution in [0.3, 0.4) is 0 Å². The van der Waals surface area contributed by atoms with Crippen LogP contribution in [-0.4, -0.2) is 22.4 Å². The zero-order valence-corrected chi connectivity index (χ0v) is 18.6. The molecule has 5 rings (SSSR count). The minimum absolute atomic E-state index is 0.0623. The minimum atomic E-state index is -0.0623. The van der Waals surface area contributed by atoms with Gasteiger partial charge in [-0.2, -0.15) is 0 Å². The Labute approximate surface area is 194 Å². The van der Waals surface area contributed by atoms with Crippen LogP contribution in [0.5, 0.6) is 0 Å². The molecule has 1 amide bonds. The van der Waals surface area contributed by atoms with E-state index in [4.69, 9.17) is 18.8 Å². The van der Waals surface area contributed by atoms with Crippen molar-refractivity contribution in [3.63, 3.8) is 0 Å². The molecule has 0 radical (unpaired) electrons. The molecule has 0 atom stereocenters. The molecule has 5 aromatic rings. The van der Waals surface area contributed by atoms with Gasteiger partial charge in [0.1, 0.15) is 17.3 Å². The number of aromatic nitrogens is 2. The van der Waals surface area contributed by atoms with Gasteiger partial charge < -0.3 is 19.1 Å². The van der Waals surface area contributed by atoms with Gasteiger partial charge in [0.25, 0.3) is 0 Å². The summed E-state index contributed by atoms with van der Waals surface area (Å²) in [5.41, 5.74) is 0.859. The van der Waals surface area contributed by atoms with Crippen LogP contribution in [0.15, 0.2) is 87.4 Å². The minimum Gasteiger partial charge on any atom is -0.467 e. The summed E-state index contributed by atoms with van der Waals surface area (Å²) in [7, 11) is 0. The predicted molar refractivity (Wildman–Crippen MR) is 128 cm³/mol. The van der Waals surface area contributed by atoms with Gasteiger partial charge in [-0.3, -0.25) is 4.79 Å². The first-order valence-electron chi connectivity index (χ1n) is 10.6. The lowest BCUT2D eigenvalue weighted by molar-refractivity contribution is -0.121. The van der Waals surface area contributed by atoms with Crippen molar-refractivity contribution < 1.29 is 13.6 Å². The second-order valence-corrected chi connectivity index (χ2v) is 8.42. The lowest BCUT2D eigenvalue weighted by Crippen LogP contribution is -2.31. The molecule has 0 aliphatic carbocycles. The van der Waals surface area contributed by atoms with E-state index in [0.29, 0.717) is 31.9 Å². The summed E-state index contributed by atoms with van der Waals surface area (Å²) < 4.78 is 10.9. The number of nitrogens with zero attached hydrogens (tertiary/aromatic N) is 3. The Balaban J connectivity index is 1.44. The molecule has 0 spiro atoms. The van der Waals surface area contributed by atoms with E-state index in [1.165, 1.54) is 0 Å². The maximum Gasteiger partial charge on any atom is 0.222 e. The molecule has 8 heteroatoms. The van der Waals surface area contributed by atoms with Gasteiger partial charge in [0.05, 0.1) is 36.0 Å². The molecular weight excluding hydrogens is 436 g/mol. The highest BCUT2D eigenvalue weighted by molar-refractivity contribution is 7.13. The van der Waals surface area contributed by atoms with Crippen LogP contribution in [-0.2, 0) is 17.9 Å². The number of nitrogens with one attached hydrogen (secondary N) is 1. The van der Waals surface area contributed by atoms with E-state index >= 15 is 0 Å². The van der Waals surface area contributed by atoms with Crippen LogP contribution >= 0.6 is 11.3 Å². The standard InChI is InChI=1S/C25H22N4O3S/c30-23(26-16-18-6-3-13-31-18)11-12-29(17-19-7-4-14-32-19)25-20-8-1-2-9-21(20)27-24(28-25)22-10-5-15-33-22/h1-10,13-15H,11-12,16-17H2,(H,26,30). The number of amides is 1. The van der Waals surface area contributed by atoms with E-state index in [9.17, 15) is 4.79 Å². The fraction of sp³-hybridized carbons (Fsp3) is 0.160. The normalized spacial score (nSPS) is 11.0. The number of furan rings is 2. The third-order valence-electron chi connectivity index (χ3n) is 5.20. The first-order chi connectivity index (χ1) is 16.3. The molecule has 33 heavy (non-hydrogen) atoms. The van der Waals surface area contributed by atoms with Gasteiger partial charge in [-0.05, 0) is 47.8 Å². The van der Waals surface area contributed by atoms with Crippen molar-refractivity contribution in [2.45, 2.75) is 19.5 Å². The predicted octanol–water partition coefficient (Wildman–Crippen LogP) is 5.26. The van der Waals surface area contributed by atoms with E-state index in [1.54, 1.807) is 29.9 Å². The zero-order valence-electron chi connectivity index (χ0n) is 17.8. The fourth-order valence-corrected chi connectivity index (χ4v) is 4.25. The number of carbonyl (C=O) groups excluding carboxylic acids is 1. The number of benzene rings is 1. The number of hydrogen-bond donors (Lipinski definition) is 1. The van der Waals surface area contributed by atoms with Crippen LogP contribution < -0.4 is 10.2 Å². The van der Waals surface area contributed by atoms with Gasteiger partial charge in [-0.1, -0.05) is 18.2 Å². The third kappa shape index (κ3) is 4.96. The van der Waals surface area contributed by atoms with Gasteiger partial charge in [0.2, 0.25) is 5.91 Å². The Bertz CT molecular complexity index is 1320. The number of thiophene rings is 1. The summed E-state index contributed by atoms with van der Waals surface area (Å²) >= 11 is 1.60. The molecule has 1 N–H and O–H groups in total. The molecule has 4 heterocycles. The van der Waals surface area contributed by atoms with Crippen LogP contribution in [0.4, 0.5) is 5.82 Å². The molecule has 0 saturated heterocycles. The molecule has 166 valence electrons. The van der Waals surface area contributed by atoms with Crippen LogP contribution in [0.2, 0.25) is 0 Å². The van der Waals surface area contributed by atoms with Crippen molar-refractivity contribution in [2.24, 2.45) is 0 Å². The van der Waals surface area contributed by atoms with Crippen molar-refractivity contribution in [3.8, 4) is 10.7 Å². The molecule has 4 aromatic heterocycles. The molecule has 0 bridgehead atoms. The summed E-state index contributed by atoms with van der Waals surface area (Å²) in [6, 6.07) is 19.4. The number of para-hydroxylation sites is 1. The van der Waals surface area contributed by atoms with Gasteiger partial charge >= 0.3 is 0 Å². The van der Waals surface area contributed by atoms with Crippen molar-refractivity contribution in [2.75, 3.05) is 11.4 Å². The summed E-state index contributed by atoms with van der Waals surface area (Å²) in [5, 5.41) is 5.85. The molecular formula is C25H22N4O3S. The zero-order chi connectivity index (χ0) is 22.5. The average molecular weight is 459 g/mol. The highest BCUT2D eigenvalue weighted by Gasteiger charge is 2.18. The number of anilines is 1. The number of hydrogen-bond acceptors (Lipinski definition) is 7. The lowest BCUT2D eigenvalue weighted by Gasteiger charge is -2.24. The molecule has 0 aliphatic heterocycles. The van der Waals surface area contributed by atoms with Crippen LogP contribution in [0.1, 0.15) is 17.9 Å². The Morgan fingerprint density at radius 3 is 2.52 bits per heavy atom. The highest BCUT2D eigenvalue weighted by atomic mass is 32.1. The van der Waals surface area contributed by atoms with Gasteiger partial charge in [0.15, 0.2) is 5.82 Å². The summed E-state index contributed by atoms with van der Waals surface area (Å²) in [6.07, 6.45) is 3.55. The monoisotopic (exact) mass is 458 g/mol. The molecule has 7 nitrogen and oxygen atoms in total. The summed E-state index contributed by atoms with van der Waals surface area (Å²) in [6.45, 7) is 1.32. The second-order valence-electron chi connectivity index (χ2n) is 7.47. The van der Waals surface area contributed by atoms with E-state index in [-0.39, 0.29) is 5.91 Å². The van der Waals surface area contributed by atoms with Crippen molar-refractivity contribution >= 4 is 34.0 Å². The summed E-state index contributed by atoms with van der Waals surface area (Å²) in [5.74, 6) is 2.90. The number of fused-ring (bicyclic) bond motifs is 1. The van der Waals surface area contributed by atoms with Gasteiger partial charge in [0, 0.05) is 18.4 Å². The van der Waals surface area contributed by atoms with E-state index in [2.05, 4.69) is 10.2 Å². The number of rotatable bonds is 9. The van der Waals surface area contributed by atoms with Crippen LogP contribution in [0, 0.1) is 0 Å². The maximum absolute atomic E-state index is 12.6. The lowest BCUT2D eigenvalue weighted by atomic mass is 10.2. The smallest absolute Gasteiger partial charge is 0.222 e. The molecule has 0 aliphatic rings. The fourth-order valence-electron chi connectivity index (χ4n) is 3.59. The van der Waals surface area contributed by atoms with E-state index < -0.39 is 0 Å². The molecule has 0 fully saturated rings.